The Labute approximate surface area is 109 Å². The number of hydrogen-bond donors (Lipinski definition) is 3. The Hall–Kier alpha value is -2.62. The summed E-state index contributed by atoms with van der Waals surface area (Å²) in [7, 11) is 0. The Kier molecular flexibility index (Phi) is 2.56. The van der Waals surface area contributed by atoms with Gasteiger partial charge in [-0.1, -0.05) is 6.07 Å². The minimum absolute atomic E-state index is 0.147. The standard InChI is InChI=1S/C15H12O4/c16-11-4-1-9-3-6-14(19-15(9)8-11)10-2-5-12(17)13(18)7-10/h1-2,4-8,16-18H,3H2. The maximum absolute atomic E-state index is 9.50. The van der Waals surface area contributed by atoms with Gasteiger partial charge in [0, 0.05) is 11.6 Å². The van der Waals surface area contributed by atoms with Crippen LogP contribution in [0.15, 0.2) is 42.5 Å². The molecule has 19 heavy (non-hydrogen) atoms. The number of rotatable bonds is 1. The van der Waals surface area contributed by atoms with E-state index in [0.717, 1.165) is 5.56 Å². The summed E-state index contributed by atoms with van der Waals surface area (Å²) >= 11 is 0. The van der Waals surface area contributed by atoms with Crippen LogP contribution in [0.25, 0.3) is 5.76 Å². The third-order valence-corrected chi connectivity index (χ3v) is 3.04. The Bertz CT molecular complexity index is 674. The molecule has 1 aliphatic rings. The highest BCUT2D eigenvalue weighted by molar-refractivity contribution is 5.67. The molecule has 0 saturated heterocycles. The third-order valence-electron chi connectivity index (χ3n) is 3.04. The van der Waals surface area contributed by atoms with Crippen LogP contribution in [0, 0.1) is 0 Å². The molecule has 3 N–H and O–H groups in total. The zero-order valence-electron chi connectivity index (χ0n) is 10.00. The highest BCUT2D eigenvalue weighted by atomic mass is 16.5. The van der Waals surface area contributed by atoms with Crippen LogP contribution in [0.5, 0.6) is 23.0 Å². The molecule has 0 radical (unpaired) electrons. The van der Waals surface area contributed by atoms with Gasteiger partial charge in [-0.2, -0.15) is 0 Å². The van der Waals surface area contributed by atoms with Crippen molar-refractivity contribution < 1.29 is 20.1 Å². The molecule has 1 heterocycles. The average molecular weight is 256 g/mol. The molecule has 2 aromatic carbocycles. The van der Waals surface area contributed by atoms with Crippen LogP contribution in [0.3, 0.4) is 0 Å². The second-order valence-electron chi connectivity index (χ2n) is 4.37. The topological polar surface area (TPSA) is 69.9 Å². The van der Waals surface area contributed by atoms with Gasteiger partial charge in [0.1, 0.15) is 17.3 Å². The lowest BCUT2D eigenvalue weighted by Gasteiger charge is -2.18. The summed E-state index contributed by atoms with van der Waals surface area (Å²) < 4.78 is 5.70. The van der Waals surface area contributed by atoms with Gasteiger partial charge in [0.2, 0.25) is 0 Å². The molecule has 96 valence electrons. The predicted octanol–water partition coefficient (Wildman–Crippen LogP) is 2.78. The Morgan fingerprint density at radius 2 is 1.74 bits per heavy atom. The molecule has 1 aliphatic heterocycles. The minimum atomic E-state index is -0.191. The lowest BCUT2D eigenvalue weighted by Crippen LogP contribution is -2.03. The Morgan fingerprint density at radius 1 is 0.895 bits per heavy atom. The van der Waals surface area contributed by atoms with Crippen LogP contribution >= 0.6 is 0 Å². The zero-order chi connectivity index (χ0) is 13.4. The van der Waals surface area contributed by atoms with Gasteiger partial charge in [-0.05, 0) is 42.3 Å². The first kappa shape index (κ1) is 11.5. The van der Waals surface area contributed by atoms with E-state index in [2.05, 4.69) is 0 Å². The van der Waals surface area contributed by atoms with Crippen molar-refractivity contribution in [3.63, 3.8) is 0 Å². The fourth-order valence-corrected chi connectivity index (χ4v) is 2.02. The summed E-state index contributed by atoms with van der Waals surface area (Å²) in [6, 6.07) is 9.50. The number of aromatic hydroxyl groups is 3. The van der Waals surface area contributed by atoms with Crippen LogP contribution in [-0.4, -0.2) is 15.3 Å². The van der Waals surface area contributed by atoms with Gasteiger partial charge in [-0.25, -0.2) is 0 Å². The molecule has 0 amide bonds. The van der Waals surface area contributed by atoms with Gasteiger partial charge >= 0.3 is 0 Å². The Morgan fingerprint density at radius 3 is 2.53 bits per heavy atom. The number of fused-ring (bicyclic) bond motifs is 1. The quantitative estimate of drug-likeness (QED) is 0.686. The van der Waals surface area contributed by atoms with Crippen LogP contribution in [0.1, 0.15) is 11.1 Å². The number of benzene rings is 2. The first-order chi connectivity index (χ1) is 9.13. The fraction of sp³-hybridized carbons (Fsp3) is 0.0667. The normalized spacial score (nSPS) is 13.4. The van der Waals surface area contributed by atoms with E-state index in [4.69, 9.17) is 4.74 Å². The maximum atomic E-state index is 9.50. The molecule has 4 nitrogen and oxygen atoms in total. The number of ether oxygens (including phenoxy) is 1. The molecular formula is C15H12O4. The summed E-state index contributed by atoms with van der Waals surface area (Å²) in [5, 5.41) is 28.2. The maximum Gasteiger partial charge on any atom is 0.158 e. The van der Waals surface area contributed by atoms with E-state index in [1.54, 1.807) is 18.2 Å². The molecule has 2 aromatic rings. The smallest absolute Gasteiger partial charge is 0.158 e. The molecule has 4 heteroatoms. The number of phenolic OH excluding ortho intramolecular Hbond substituents is 3. The molecule has 0 saturated carbocycles. The van der Waals surface area contributed by atoms with E-state index in [9.17, 15) is 15.3 Å². The van der Waals surface area contributed by atoms with E-state index >= 15 is 0 Å². The third kappa shape index (κ3) is 2.08. The van der Waals surface area contributed by atoms with E-state index in [0.29, 0.717) is 23.5 Å². The molecular weight excluding hydrogens is 244 g/mol. The van der Waals surface area contributed by atoms with E-state index in [1.807, 2.05) is 12.1 Å². The second-order valence-corrected chi connectivity index (χ2v) is 4.37. The van der Waals surface area contributed by atoms with Crippen molar-refractivity contribution in [1.29, 1.82) is 0 Å². The number of allylic oxidation sites excluding steroid dienone is 1. The van der Waals surface area contributed by atoms with E-state index < -0.39 is 0 Å². The monoisotopic (exact) mass is 256 g/mol. The summed E-state index contributed by atoms with van der Waals surface area (Å²) in [5.41, 5.74) is 1.66. The number of phenols is 3. The molecule has 0 aliphatic carbocycles. The van der Waals surface area contributed by atoms with Crippen LogP contribution in [0.2, 0.25) is 0 Å². The summed E-state index contributed by atoms with van der Waals surface area (Å²) in [6.07, 6.45) is 2.58. The molecule has 0 bridgehead atoms. The summed E-state index contributed by atoms with van der Waals surface area (Å²) in [5.74, 6) is 0.980. The molecule has 0 unspecified atom stereocenters. The molecule has 3 rings (SSSR count). The number of hydrogen-bond acceptors (Lipinski definition) is 4. The summed E-state index contributed by atoms with van der Waals surface area (Å²) in [6.45, 7) is 0. The van der Waals surface area contributed by atoms with Crippen molar-refractivity contribution in [2.24, 2.45) is 0 Å². The lowest BCUT2D eigenvalue weighted by atomic mass is 10.0. The predicted molar refractivity (Wildman–Crippen MR) is 70.2 cm³/mol. The fourth-order valence-electron chi connectivity index (χ4n) is 2.02. The van der Waals surface area contributed by atoms with Crippen molar-refractivity contribution in [3.8, 4) is 23.0 Å². The van der Waals surface area contributed by atoms with Crippen molar-refractivity contribution >= 4 is 5.76 Å². The highest BCUT2D eigenvalue weighted by Gasteiger charge is 2.15. The van der Waals surface area contributed by atoms with Gasteiger partial charge in [-0.3, -0.25) is 0 Å². The summed E-state index contributed by atoms with van der Waals surface area (Å²) in [4.78, 5) is 0. The van der Waals surface area contributed by atoms with Gasteiger partial charge in [0.15, 0.2) is 11.5 Å². The second kappa shape index (κ2) is 4.24. The van der Waals surface area contributed by atoms with Gasteiger partial charge in [0.05, 0.1) is 0 Å². The zero-order valence-corrected chi connectivity index (χ0v) is 10.00. The first-order valence-corrected chi connectivity index (χ1v) is 5.86. The van der Waals surface area contributed by atoms with E-state index in [1.165, 1.54) is 12.1 Å². The highest BCUT2D eigenvalue weighted by Crippen LogP contribution is 2.35. The average Bonchev–Trinajstić information content (AvgIpc) is 2.41. The van der Waals surface area contributed by atoms with Crippen LogP contribution in [0.4, 0.5) is 0 Å². The first-order valence-electron chi connectivity index (χ1n) is 5.86. The molecule has 0 aromatic heterocycles. The Balaban J connectivity index is 1.96. The van der Waals surface area contributed by atoms with Gasteiger partial charge < -0.3 is 20.1 Å². The van der Waals surface area contributed by atoms with E-state index in [-0.39, 0.29) is 17.2 Å². The van der Waals surface area contributed by atoms with Crippen LogP contribution in [-0.2, 0) is 6.42 Å². The van der Waals surface area contributed by atoms with Crippen molar-refractivity contribution in [2.45, 2.75) is 6.42 Å². The molecule has 0 atom stereocenters. The minimum Gasteiger partial charge on any atom is -0.508 e. The molecule has 0 spiro atoms. The van der Waals surface area contributed by atoms with Crippen molar-refractivity contribution in [3.05, 3.63) is 53.6 Å². The largest absolute Gasteiger partial charge is 0.508 e. The van der Waals surface area contributed by atoms with Gasteiger partial charge in [-0.15, -0.1) is 0 Å². The lowest BCUT2D eigenvalue weighted by molar-refractivity contribution is 0.403. The van der Waals surface area contributed by atoms with Crippen molar-refractivity contribution in [1.82, 2.24) is 0 Å². The molecule has 0 fully saturated rings. The van der Waals surface area contributed by atoms with Crippen LogP contribution < -0.4 is 4.74 Å². The van der Waals surface area contributed by atoms with Gasteiger partial charge in [0.25, 0.3) is 0 Å². The SMILES string of the molecule is Oc1ccc2c(c1)OC(c1ccc(O)c(O)c1)=CC2. The van der Waals surface area contributed by atoms with Crippen molar-refractivity contribution in [2.75, 3.05) is 0 Å².